The van der Waals surface area contributed by atoms with Crippen LogP contribution in [0.3, 0.4) is 0 Å². The minimum absolute atomic E-state index is 0.653. The summed E-state index contributed by atoms with van der Waals surface area (Å²) < 4.78 is 0. The number of rotatable bonds is 1. The summed E-state index contributed by atoms with van der Waals surface area (Å²) in [6.45, 7) is 0. The summed E-state index contributed by atoms with van der Waals surface area (Å²) in [5.74, 6) is 0. The average Bonchev–Trinajstić information content (AvgIpc) is 2.42. The number of hydrogen-bond donors (Lipinski definition) is 1. The third-order valence-corrected chi connectivity index (χ3v) is 1.72. The van der Waals surface area contributed by atoms with Gasteiger partial charge in [-0.1, -0.05) is 5.16 Å². The maximum atomic E-state index is 8.26. The van der Waals surface area contributed by atoms with Crippen LogP contribution in [0, 0.1) is 11.3 Å². The first kappa shape index (κ1) is 12.3. The van der Waals surface area contributed by atoms with Crippen molar-refractivity contribution in [2.45, 2.75) is 0 Å². The molecule has 0 aliphatic heterocycles. The van der Waals surface area contributed by atoms with E-state index in [0.29, 0.717) is 5.56 Å². The van der Waals surface area contributed by atoms with Gasteiger partial charge in [-0.3, -0.25) is 9.97 Å². The molecule has 0 atom stereocenters. The molecule has 2 aromatic rings. The van der Waals surface area contributed by atoms with Gasteiger partial charge >= 0.3 is 0 Å². The standard InChI is InChI=1S/C6H6N2O.C6H4N2/c9-8-5-6-1-3-7-4-2-6;7-5-6-1-3-8-4-2-6/h1-5,9H;1-4H. The van der Waals surface area contributed by atoms with E-state index in [2.05, 4.69) is 15.1 Å². The van der Waals surface area contributed by atoms with E-state index in [0.717, 1.165) is 5.56 Å². The van der Waals surface area contributed by atoms with E-state index in [9.17, 15) is 0 Å². The van der Waals surface area contributed by atoms with Gasteiger partial charge in [0.2, 0.25) is 0 Å². The van der Waals surface area contributed by atoms with Gasteiger partial charge in [-0.25, -0.2) is 0 Å². The van der Waals surface area contributed by atoms with Crippen LogP contribution < -0.4 is 0 Å². The quantitative estimate of drug-likeness (QED) is 0.457. The second kappa shape index (κ2) is 7.54. The number of hydrogen-bond acceptors (Lipinski definition) is 5. The highest BCUT2D eigenvalue weighted by Gasteiger charge is 1.81. The maximum Gasteiger partial charge on any atom is 0.0992 e. The summed E-state index contributed by atoms with van der Waals surface area (Å²) in [7, 11) is 0. The smallest absolute Gasteiger partial charge is 0.0992 e. The van der Waals surface area contributed by atoms with Crippen LogP contribution >= 0.6 is 0 Å². The number of aromatic nitrogens is 2. The van der Waals surface area contributed by atoms with Crippen LogP contribution in [-0.2, 0) is 0 Å². The fourth-order valence-corrected chi connectivity index (χ4v) is 0.943. The van der Waals surface area contributed by atoms with Crippen molar-refractivity contribution < 1.29 is 5.21 Å². The zero-order valence-electron chi connectivity index (χ0n) is 8.93. The molecule has 0 radical (unpaired) electrons. The van der Waals surface area contributed by atoms with Crippen LogP contribution in [0.5, 0.6) is 0 Å². The Morgan fingerprint density at radius 1 is 1.06 bits per heavy atom. The molecule has 1 N–H and O–H groups in total. The van der Waals surface area contributed by atoms with E-state index < -0.39 is 0 Å². The van der Waals surface area contributed by atoms with E-state index >= 15 is 0 Å². The Morgan fingerprint density at radius 3 is 2.00 bits per heavy atom. The minimum Gasteiger partial charge on any atom is -0.411 e. The molecule has 2 aromatic heterocycles. The highest BCUT2D eigenvalue weighted by Crippen LogP contribution is 1.90. The second-order valence-electron chi connectivity index (χ2n) is 2.87. The van der Waals surface area contributed by atoms with Gasteiger partial charge in [0.1, 0.15) is 0 Å². The lowest BCUT2D eigenvalue weighted by Crippen LogP contribution is -1.78. The highest BCUT2D eigenvalue weighted by molar-refractivity contribution is 5.78. The highest BCUT2D eigenvalue weighted by atomic mass is 16.4. The fourth-order valence-electron chi connectivity index (χ4n) is 0.943. The first-order chi connectivity index (χ1) is 8.36. The van der Waals surface area contributed by atoms with E-state index in [1.807, 2.05) is 6.07 Å². The monoisotopic (exact) mass is 226 g/mol. The van der Waals surface area contributed by atoms with Gasteiger partial charge in [0.25, 0.3) is 0 Å². The maximum absolute atomic E-state index is 8.26. The predicted molar refractivity (Wildman–Crippen MR) is 62.6 cm³/mol. The summed E-state index contributed by atoms with van der Waals surface area (Å²) in [6.07, 6.45) is 7.81. The number of nitriles is 1. The number of nitrogens with zero attached hydrogens (tertiary/aromatic N) is 4. The van der Waals surface area contributed by atoms with Crippen molar-refractivity contribution in [1.29, 1.82) is 5.26 Å². The summed E-state index contributed by atoms with van der Waals surface area (Å²) in [4.78, 5) is 7.53. The first-order valence-corrected chi connectivity index (χ1v) is 4.74. The summed E-state index contributed by atoms with van der Waals surface area (Å²) in [5, 5.41) is 19.2. The lowest BCUT2D eigenvalue weighted by atomic mass is 10.3. The molecule has 0 aromatic carbocycles. The van der Waals surface area contributed by atoms with Crippen molar-refractivity contribution in [2.75, 3.05) is 0 Å². The molecule has 0 saturated heterocycles. The minimum atomic E-state index is 0.653. The molecule has 0 spiro atoms. The molecule has 0 fully saturated rings. The fraction of sp³-hybridized carbons (Fsp3) is 0. The van der Waals surface area contributed by atoms with Gasteiger partial charge in [0.05, 0.1) is 17.8 Å². The third-order valence-electron chi connectivity index (χ3n) is 1.72. The zero-order valence-corrected chi connectivity index (χ0v) is 8.93. The van der Waals surface area contributed by atoms with Crippen molar-refractivity contribution in [1.82, 2.24) is 9.97 Å². The molecule has 2 heterocycles. The Morgan fingerprint density at radius 2 is 1.59 bits per heavy atom. The molecule has 0 aliphatic carbocycles. The van der Waals surface area contributed by atoms with E-state index in [1.54, 1.807) is 49.1 Å². The van der Waals surface area contributed by atoms with Crippen LogP contribution in [0.15, 0.2) is 54.2 Å². The van der Waals surface area contributed by atoms with Gasteiger partial charge in [0.15, 0.2) is 0 Å². The van der Waals surface area contributed by atoms with Gasteiger partial charge in [-0.15, -0.1) is 0 Å². The first-order valence-electron chi connectivity index (χ1n) is 4.74. The van der Waals surface area contributed by atoms with Gasteiger partial charge in [0, 0.05) is 24.8 Å². The van der Waals surface area contributed by atoms with Crippen molar-refractivity contribution in [3.63, 3.8) is 0 Å². The van der Waals surface area contributed by atoms with Crippen molar-refractivity contribution >= 4 is 6.21 Å². The lowest BCUT2D eigenvalue weighted by Gasteiger charge is -1.84. The molecule has 17 heavy (non-hydrogen) atoms. The summed E-state index contributed by atoms with van der Waals surface area (Å²) in [5.41, 5.74) is 1.49. The SMILES string of the molecule is N#Cc1ccncc1.ON=Cc1ccncc1. The number of pyridine rings is 2. The molecule has 84 valence electrons. The predicted octanol–water partition coefficient (Wildman–Crippen LogP) is 1.84. The Kier molecular flexibility index (Phi) is 5.47. The molecule has 0 saturated carbocycles. The Bertz CT molecular complexity index is 491. The van der Waals surface area contributed by atoms with Crippen LogP contribution in [0.4, 0.5) is 0 Å². The van der Waals surface area contributed by atoms with E-state index in [1.165, 1.54) is 6.21 Å². The van der Waals surface area contributed by atoms with Crippen LogP contribution in [0.1, 0.15) is 11.1 Å². The topological polar surface area (TPSA) is 82.2 Å². The summed E-state index contributed by atoms with van der Waals surface area (Å²) in [6, 6.07) is 8.82. The normalized spacial score (nSPS) is 9.12. The van der Waals surface area contributed by atoms with Crippen LogP contribution in [0.2, 0.25) is 0 Å². The Hall–Kier alpha value is -2.74. The van der Waals surface area contributed by atoms with Crippen LogP contribution in [-0.4, -0.2) is 21.4 Å². The van der Waals surface area contributed by atoms with Gasteiger partial charge in [-0.2, -0.15) is 5.26 Å². The Labute approximate surface area is 98.7 Å². The van der Waals surface area contributed by atoms with Gasteiger partial charge < -0.3 is 5.21 Å². The average molecular weight is 226 g/mol. The molecule has 0 amide bonds. The van der Waals surface area contributed by atoms with Gasteiger partial charge in [-0.05, 0) is 29.8 Å². The third kappa shape index (κ3) is 5.04. The lowest BCUT2D eigenvalue weighted by molar-refractivity contribution is 0.322. The van der Waals surface area contributed by atoms with E-state index in [4.69, 9.17) is 10.5 Å². The molecule has 2 rings (SSSR count). The van der Waals surface area contributed by atoms with Crippen LogP contribution in [0.25, 0.3) is 0 Å². The zero-order chi connectivity index (χ0) is 12.3. The van der Waals surface area contributed by atoms with Crippen molar-refractivity contribution in [2.24, 2.45) is 5.16 Å². The molecular weight excluding hydrogens is 216 g/mol. The second-order valence-corrected chi connectivity index (χ2v) is 2.87. The number of oxime groups is 1. The summed E-state index contributed by atoms with van der Waals surface area (Å²) >= 11 is 0. The molecular formula is C12H10N4O. The van der Waals surface area contributed by atoms with Crippen molar-refractivity contribution in [3.05, 3.63) is 60.2 Å². The Balaban J connectivity index is 0.000000171. The largest absolute Gasteiger partial charge is 0.411 e. The molecule has 0 bridgehead atoms. The van der Waals surface area contributed by atoms with E-state index in [-0.39, 0.29) is 0 Å². The van der Waals surface area contributed by atoms with Crippen molar-refractivity contribution in [3.8, 4) is 6.07 Å². The molecule has 0 unspecified atom stereocenters. The molecule has 0 aliphatic rings. The molecule has 5 heteroatoms. The molecule has 5 nitrogen and oxygen atoms in total.